The number of aliphatic hydroxyl groups is 1. The van der Waals surface area contributed by atoms with Crippen LogP contribution < -0.4 is 5.32 Å². The Morgan fingerprint density at radius 3 is 2.55 bits per heavy atom. The molecule has 1 aromatic rings. The fourth-order valence-corrected chi connectivity index (χ4v) is 2.65. The molecule has 1 aromatic carbocycles. The lowest BCUT2D eigenvalue weighted by Gasteiger charge is -2.27. The fourth-order valence-electron chi connectivity index (χ4n) is 2.65. The van der Waals surface area contributed by atoms with Crippen LogP contribution in [0.15, 0.2) is 30.3 Å². The molecule has 0 atom stereocenters. The van der Waals surface area contributed by atoms with Crippen LogP contribution >= 0.6 is 0 Å². The average molecular weight is 277 g/mol. The van der Waals surface area contributed by atoms with E-state index in [2.05, 4.69) is 5.32 Å². The van der Waals surface area contributed by atoms with Crippen molar-refractivity contribution in [1.82, 2.24) is 5.32 Å². The summed E-state index contributed by atoms with van der Waals surface area (Å²) in [6, 6.07) is 10.2. The van der Waals surface area contributed by atoms with E-state index in [-0.39, 0.29) is 18.5 Å². The summed E-state index contributed by atoms with van der Waals surface area (Å²) in [5, 5.41) is 12.1. The molecule has 1 aliphatic carbocycles. The van der Waals surface area contributed by atoms with Gasteiger partial charge in [-0.05, 0) is 31.2 Å². The molecule has 110 valence electrons. The molecule has 0 bridgehead atoms. The topological polar surface area (TPSA) is 58.6 Å². The highest BCUT2D eigenvalue weighted by atomic mass is 16.5. The predicted molar refractivity (Wildman–Crippen MR) is 77.1 cm³/mol. The van der Waals surface area contributed by atoms with Gasteiger partial charge < -0.3 is 15.2 Å². The molecule has 0 aromatic heterocycles. The highest BCUT2D eigenvalue weighted by Crippen LogP contribution is 2.25. The number of hydrogen-bond donors (Lipinski definition) is 2. The zero-order valence-electron chi connectivity index (χ0n) is 11.8. The monoisotopic (exact) mass is 277 g/mol. The van der Waals surface area contributed by atoms with Crippen LogP contribution in [0.2, 0.25) is 0 Å². The summed E-state index contributed by atoms with van der Waals surface area (Å²) in [6.07, 6.45) is 3.70. The van der Waals surface area contributed by atoms with Crippen molar-refractivity contribution in [2.45, 2.75) is 38.3 Å². The van der Waals surface area contributed by atoms with Gasteiger partial charge in [-0.2, -0.15) is 0 Å². The van der Waals surface area contributed by atoms with Crippen molar-refractivity contribution in [2.75, 3.05) is 13.2 Å². The number of aliphatic hydroxyl groups excluding tert-OH is 1. The summed E-state index contributed by atoms with van der Waals surface area (Å²) >= 11 is 0. The molecule has 0 amide bonds. The standard InChI is InChI=1S/C16H23NO3/c18-11-10-17-15-8-6-14(7-9-15)16(19)20-12-13-4-2-1-3-5-13/h1-5,14-15,17-18H,6-12H2. The van der Waals surface area contributed by atoms with Crippen LogP contribution in [-0.2, 0) is 16.1 Å². The third-order valence-corrected chi connectivity index (χ3v) is 3.83. The first-order chi connectivity index (χ1) is 9.79. The first-order valence-electron chi connectivity index (χ1n) is 7.34. The number of hydrogen-bond acceptors (Lipinski definition) is 4. The van der Waals surface area contributed by atoms with Crippen LogP contribution in [0, 0.1) is 5.92 Å². The Morgan fingerprint density at radius 1 is 1.20 bits per heavy atom. The van der Waals surface area contributed by atoms with Gasteiger partial charge in [-0.25, -0.2) is 0 Å². The molecule has 0 aliphatic heterocycles. The SMILES string of the molecule is O=C(OCc1ccccc1)C1CCC(NCCO)CC1. The van der Waals surface area contributed by atoms with Crippen molar-refractivity contribution in [1.29, 1.82) is 0 Å². The van der Waals surface area contributed by atoms with Crippen molar-refractivity contribution in [2.24, 2.45) is 5.92 Å². The zero-order chi connectivity index (χ0) is 14.2. The number of benzene rings is 1. The number of ether oxygens (including phenoxy) is 1. The Bertz CT molecular complexity index is 399. The smallest absolute Gasteiger partial charge is 0.309 e. The van der Waals surface area contributed by atoms with E-state index in [1.165, 1.54) is 0 Å². The number of rotatable bonds is 6. The van der Waals surface area contributed by atoms with Gasteiger partial charge in [-0.15, -0.1) is 0 Å². The number of carbonyl (C=O) groups is 1. The van der Waals surface area contributed by atoms with Crippen molar-refractivity contribution in [3.8, 4) is 0 Å². The summed E-state index contributed by atoms with van der Waals surface area (Å²) in [6.45, 7) is 1.16. The molecule has 1 saturated carbocycles. The largest absolute Gasteiger partial charge is 0.461 e. The first kappa shape index (κ1) is 15.0. The lowest BCUT2D eigenvalue weighted by molar-refractivity contribution is -0.151. The first-order valence-corrected chi connectivity index (χ1v) is 7.34. The summed E-state index contributed by atoms with van der Waals surface area (Å²) in [7, 11) is 0. The maximum absolute atomic E-state index is 12.0. The maximum Gasteiger partial charge on any atom is 0.309 e. The average Bonchev–Trinajstić information content (AvgIpc) is 2.52. The lowest BCUT2D eigenvalue weighted by atomic mass is 9.86. The molecule has 1 aliphatic rings. The molecule has 4 heteroatoms. The van der Waals surface area contributed by atoms with Crippen LogP contribution in [0.1, 0.15) is 31.2 Å². The van der Waals surface area contributed by atoms with Gasteiger partial charge in [0.25, 0.3) is 0 Å². The molecule has 4 nitrogen and oxygen atoms in total. The maximum atomic E-state index is 12.0. The normalized spacial score (nSPS) is 22.4. The van der Waals surface area contributed by atoms with Gasteiger partial charge >= 0.3 is 5.97 Å². The lowest BCUT2D eigenvalue weighted by Crippen LogP contribution is -2.36. The van der Waals surface area contributed by atoms with Crippen molar-refractivity contribution >= 4 is 5.97 Å². The van der Waals surface area contributed by atoms with Gasteiger partial charge in [0.2, 0.25) is 0 Å². The molecule has 0 spiro atoms. The minimum atomic E-state index is -0.0746. The van der Waals surface area contributed by atoms with Crippen molar-refractivity contribution < 1.29 is 14.6 Å². The molecule has 0 radical (unpaired) electrons. The number of esters is 1. The number of nitrogens with one attached hydrogen (secondary N) is 1. The van der Waals surface area contributed by atoms with Crippen LogP contribution in [0.25, 0.3) is 0 Å². The Morgan fingerprint density at radius 2 is 1.90 bits per heavy atom. The summed E-state index contributed by atoms with van der Waals surface area (Å²) in [5.41, 5.74) is 1.03. The molecular weight excluding hydrogens is 254 g/mol. The summed E-state index contributed by atoms with van der Waals surface area (Å²) in [5.74, 6) is -0.0413. The van der Waals surface area contributed by atoms with Gasteiger partial charge in [-0.3, -0.25) is 4.79 Å². The van der Waals surface area contributed by atoms with Crippen LogP contribution in [0.5, 0.6) is 0 Å². The van der Waals surface area contributed by atoms with Gasteiger partial charge in [0.1, 0.15) is 6.61 Å². The quantitative estimate of drug-likeness (QED) is 0.779. The second-order valence-corrected chi connectivity index (χ2v) is 5.32. The third kappa shape index (κ3) is 4.62. The van der Waals surface area contributed by atoms with E-state index in [9.17, 15) is 4.79 Å². The zero-order valence-corrected chi connectivity index (χ0v) is 11.8. The molecular formula is C16H23NO3. The highest BCUT2D eigenvalue weighted by Gasteiger charge is 2.26. The van der Waals surface area contributed by atoms with E-state index in [1.807, 2.05) is 30.3 Å². The van der Waals surface area contributed by atoms with Gasteiger partial charge in [-0.1, -0.05) is 30.3 Å². The summed E-state index contributed by atoms with van der Waals surface area (Å²) < 4.78 is 5.38. The van der Waals surface area contributed by atoms with E-state index in [0.29, 0.717) is 19.2 Å². The second kappa shape index (κ2) is 8.02. The number of carbonyl (C=O) groups excluding carboxylic acids is 1. The highest BCUT2D eigenvalue weighted by molar-refractivity contribution is 5.72. The van der Waals surface area contributed by atoms with E-state index in [0.717, 1.165) is 31.2 Å². The Labute approximate surface area is 120 Å². The van der Waals surface area contributed by atoms with E-state index in [4.69, 9.17) is 9.84 Å². The van der Waals surface area contributed by atoms with Crippen molar-refractivity contribution in [3.63, 3.8) is 0 Å². The molecule has 0 saturated heterocycles. The van der Waals surface area contributed by atoms with Crippen molar-refractivity contribution in [3.05, 3.63) is 35.9 Å². The molecule has 0 unspecified atom stereocenters. The predicted octanol–water partition coefficient (Wildman–Crippen LogP) is 1.87. The minimum Gasteiger partial charge on any atom is -0.461 e. The molecule has 2 N–H and O–H groups in total. The summed E-state index contributed by atoms with van der Waals surface area (Å²) in [4.78, 5) is 12.0. The Balaban J connectivity index is 1.69. The molecule has 2 rings (SSSR count). The van der Waals surface area contributed by atoms with Gasteiger partial charge in [0.15, 0.2) is 0 Å². The third-order valence-electron chi connectivity index (χ3n) is 3.83. The molecule has 20 heavy (non-hydrogen) atoms. The van der Waals surface area contributed by atoms with Crippen LogP contribution in [-0.4, -0.2) is 30.3 Å². The van der Waals surface area contributed by atoms with Crippen LogP contribution in [0.3, 0.4) is 0 Å². The Hall–Kier alpha value is -1.39. The van der Waals surface area contributed by atoms with E-state index < -0.39 is 0 Å². The van der Waals surface area contributed by atoms with E-state index >= 15 is 0 Å². The molecule has 1 fully saturated rings. The Kier molecular flexibility index (Phi) is 6.02. The van der Waals surface area contributed by atoms with Gasteiger partial charge in [0.05, 0.1) is 12.5 Å². The van der Waals surface area contributed by atoms with E-state index in [1.54, 1.807) is 0 Å². The molecule has 0 heterocycles. The fraction of sp³-hybridized carbons (Fsp3) is 0.562. The van der Waals surface area contributed by atoms with Gasteiger partial charge in [0, 0.05) is 12.6 Å². The second-order valence-electron chi connectivity index (χ2n) is 5.32. The minimum absolute atomic E-state index is 0.0332. The van der Waals surface area contributed by atoms with Crippen LogP contribution in [0.4, 0.5) is 0 Å².